The summed E-state index contributed by atoms with van der Waals surface area (Å²) in [6.07, 6.45) is 0.732. The fourth-order valence-corrected chi connectivity index (χ4v) is 1.43. The molecule has 0 fully saturated rings. The maximum Gasteiger partial charge on any atom is 0.0596 e. The third kappa shape index (κ3) is 20.2. The molecule has 0 aliphatic carbocycles. The van der Waals surface area contributed by atoms with Crippen molar-refractivity contribution in [1.82, 2.24) is 9.80 Å². The van der Waals surface area contributed by atoms with Gasteiger partial charge in [0.05, 0.1) is 25.4 Å². The number of likely N-dealkylation sites (N-methyl/N-ethyl adjacent to an activating group) is 2. The molecule has 0 aromatic heterocycles. The van der Waals surface area contributed by atoms with E-state index in [1.807, 2.05) is 14.1 Å². The van der Waals surface area contributed by atoms with Crippen LogP contribution in [0.15, 0.2) is 0 Å². The third-order valence-electron chi connectivity index (χ3n) is 2.74. The summed E-state index contributed by atoms with van der Waals surface area (Å²) in [5.41, 5.74) is 0. The average molecular weight is 290 g/mol. The van der Waals surface area contributed by atoms with Crippen LogP contribution in [0.1, 0.15) is 41.5 Å². The van der Waals surface area contributed by atoms with Crippen molar-refractivity contribution in [3.05, 3.63) is 0 Å². The first-order chi connectivity index (χ1) is 9.33. The molecule has 4 nitrogen and oxygen atoms in total. The van der Waals surface area contributed by atoms with Gasteiger partial charge in [-0.1, -0.05) is 13.8 Å². The molecule has 0 amide bonds. The van der Waals surface area contributed by atoms with E-state index >= 15 is 0 Å². The summed E-state index contributed by atoms with van der Waals surface area (Å²) < 4.78 is 10.7. The molecule has 0 heterocycles. The maximum absolute atomic E-state index is 5.43. The van der Waals surface area contributed by atoms with E-state index in [1.165, 1.54) is 0 Å². The first-order valence-electron chi connectivity index (χ1n) is 7.93. The molecule has 4 heteroatoms. The summed E-state index contributed by atoms with van der Waals surface area (Å²) in [5.74, 6) is 0. The molecule has 0 bridgehead atoms. The minimum Gasteiger partial charge on any atom is -0.377 e. The minimum atomic E-state index is 0.366. The molecule has 0 atom stereocenters. The van der Waals surface area contributed by atoms with Crippen molar-refractivity contribution in [1.29, 1.82) is 0 Å². The predicted octanol–water partition coefficient (Wildman–Crippen LogP) is 2.73. The van der Waals surface area contributed by atoms with E-state index in [0.29, 0.717) is 12.2 Å². The van der Waals surface area contributed by atoms with E-state index < -0.39 is 0 Å². The quantitative estimate of drug-likeness (QED) is 0.617. The van der Waals surface area contributed by atoms with Gasteiger partial charge < -0.3 is 19.3 Å². The van der Waals surface area contributed by atoms with Gasteiger partial charge in [0.2, 0.25) is 0 Å². The standard InChI is InChI=1S/C9H21NO.C7H17NO/c1-5-10(6-2)7-8-11-9(3)4;1-7(2)9-6-5-8(3)4/h9H,5-8H2,1-4H3;7H,5-6H2,1-4H3. The van der Waals surface area contributed by atoms with Gasteiger partial charge in [0, 0.05) is 13.1 Å². The van der Waals surface area contributed by atoms with Gasteiger partial charge in [0.25, 0.3) is 0 Å². The summed E-state index contributed by atoms with van der Waals surface area (Å²) in [6.45, 7) is 18.6. The Morgan fingerprint density at radius 2 is 1.15 bits per heavy atom. The average Bonchev–Trinajstić information content (AvgIpc) is 2.34. The van der Waals surface area contributed by atoms with Crippen molar-refractivity contribution in [3.8, 4) is 0 Å². The molecule has 124 valence electrons. The molecule has 0 saturated carbocycles. The van der Waals surface area contributed by atoms with Crippen molar-refractivity contribution in [3.63, 3.8) is 0 Å². The number of hydrogen-bond acceptors (Lipinski definition) is 4. The Labute approximate surface area is 127 Å². The van der Waals surface area contributed by atoms with Crippen LogP contribution in [0.2, 0.25) is 0 Å². The number of nitrogens with zero attached hydrogens (tertiary/aromatic N) is 2. The second-order valence-electron chi connectivity index (χ2n) is 5.67. The van der Waals surface area contributed by atoms with Gasteiger partial charge in [-0.25, -0.2) is 0 Å². The van der Waals surface area contributed by atoms with Crippen molar-refractivity contribution in [2.24, 2.45) is 0 Å². The summed E-state index contributed by atoms with van der Waals surface area (Å²) in [6, 6.07) is 0. The molecule has 20 heavy (non-hydrogen) atoms. The molecule has 0 spiro atoms. The Bertz CT molecular complexity index is 173. The van der Waals surface area contributed by atoms with Crippen LogP contribution in [0.25, 0.3) is 0 Å². The lowest BCUT2D eigenvalue weighted by atomic mass is 10.4. The van der Waals surface area contributed by atoms with Gasteiger partial charge in [0.15, 0.2) is 0 Å². The number of rotatable bonds is 10. The number of hydrogen-bond donors (Lipinski definition) is 0. The van der Waals surface area contributed by atoms with Crippen molar-refractivity contribution in [2.75, 3.05) is 53.5 Å². The molecule has 0 aliphatic rings. The van der Waals surface area contributed by atoms with Crippen LogP contribution in [-0.4, -0.2) is 75.5 Å². The summed E-state index contributed by atoms with van der Waals surface area (Å²) in [7, 11) is 4.09. The fraction of sp³-hybridized carbons (Fsp3) is 1.00. The highest BCUT2D eigenvalue weighted by atomic mass is 16.5. The van der Waals surface area contributed by atoms with E-state index in [4.69, 9.17) is 9.47 Å². The van der Waals surface area contributed by atoms with E-state index in [-0.39, 0.29) is 0 Å². The molecule has 0 aliphatic heterocycles. The monoisotopic (exact) mass is 290 g/mol. The Kier molecular flexibility index (Phi) is 16.9. The van der Waals surface area contributed by atoms with Crippen LogP contribution < -0.4 is 0 Å². The van der Waals surface area contributed by atoms with Crippen molar-refractivity contribution < 1.29 is 9.47 Å². The van der Waals surface area contributed by atoms with Crippen LogP contribution in [0.4, 0.5) is 0 Å². The lowest BCUT2D eigenvalue weighted by molar-refractivity contribution is 0.0610. The minimum absolute atomic E-state index is 0.366. The highest BCUT2D eigenvalue weighted by molar-refractivity contribution is 4.50. The lowest BCUT2D eigenvalue weighted by Crippen LogP contribution is -2.27. The molecule has 0 radical (unpaired) electrons. The second-order valence-corrected chi connectivity index (χ2v) is 5.67. The van der Waals surface area contributed by atoms with Crippen LogP contribution in [0.5, 0.6) is 0 Å². The second kappa shape index (κ2) is 15.2. The summed E-state index contributed by atoms with van der Waals surface area (Å²) in [5, 5.41) is 0. The summed E-state index contributed by atoms with van der Waals surface area (Å²) in [4.78, 5) is 4.48. The van der Waals surface area contributed by atoms with Crippen LogP contribution >= 0.6 is 0 Å². The van der Waals surface area contributed by atoms with E-state index in [1.54, 1.807) is 0 Å². The Hall–Kier alpha value is -0.160. The molecule has 0 aromatic rings. The van der Waals surface area contributed by atoms with Gasteiger partial charge in [-0.05, 0) is 54.9 Å². The molecule has 0 unspecified atom stereocenters. The molecule has 0 saturated heterocycles. The van der Waals surface area contributed by atoms with Gasteiger partial charge >= 0.3 is 0 Å². The SMILES string of the molecule is CC(C)OCCN(C)C.CCN(CC)CCOC(C)C. The molecular formula is C16H38N2O2. The lowest BCUT2D eigenvalue weighted by Gasteiger charge is -2.18. The van der Waals surface area contributed by atoms with Crippen LogP contribution in [-0.2, 0) is 9.47 Å². The summed E-state index contributed by atoms with van der Waals surface area (Å²) >= 11 is 0. The highest BCUT2D eigenvalue weighted by Gasteiger charge is 1.98. The zero-order valence-corrected chi connectivity index (χ0v) is 15.1. The van der Waals surface area contributed by atoms with Gasteiger partial charge in [-0.15, -0.1) is 0 Å². The van der Waals surface area contributed by atoms with Gasteiger partial charge in [-0.3, -0.25) is 0 Å². The zero-order valence-electron chi connectivity index (χ0n) is 15.1. The molecule has 0 aromatic carbocycles. The van der Waals surface area contributed by atoms with E-state index in [2.05, 4.69) is 51.3 Å². The van der Waals surface area contributed by atoms with Crippen molar-refractivity contribution >= 4 is 0 Å². The normalized spacial score (nSPS) is 11.4. The van der Waals surface area contributed by atoms with Crippen LogP contribution in [0, 0.1) is 0 Å². The predicted molar refractivity (Wildman–Crippen MR) is 88.5 cm³/mol. The van der Waals surface area contributed by atoms with E-state index in [9.17, 15) is 0 Å². The highest BCUT2D eigenvalue weighted by Crippen LogP contribution is 1.90. The largest absolute Gasteiger partial charge is 0.377 e. The Morgan fingerprint density at radius 1 is 0.750 bits per heavy atom. The van der Waals surface area contributed by atoms with E-state index in [0.717, 1.165) is 39.4 Å². The zero-order chi connectivity index (χ0) is 16.0. The molecular weight excluding hydrogens is 252 g/mol. The fourth-order valence-electron chi connectivity index (χ4n) is 1.43. The molecule has 0 N–H and O–H groups in total. The first-order valence-corrected chi connectivity index (χ1v) is 7.93. The topological polar surface area (TPSA) is 24.9 Å². The van der Waals surface area contributed by atoms with Crippen molar-refractivity contribution in [2.45, 2.75) is 53.8 Å². The first kappa shape index (κ1) is 22.1. The van der Waals surface area contributed by atoms with Crippen LogP contribution in [0.3, 0.4) is 0 Å². The maximum atomic E-state index is 5.43. The van der Waals surface area contributed by atoms with Gasteiger partial charge in [-0.2, -0.15) is 0 Å². The van der Waals surface area contributed by atoms with Gasteiger partial charge in [0.1, 0.15) is 0 Å². The Balaban J connectivity index is 0. The molecule has 0 rings (SSSR count). The Morgan fingerprint density at radius 3 is 1.45 bits per heavy atom. The smallest absolute Gasteiger partial charge is 0.0596 e. The number of ether oxygens (including phenoxy) is 2. The third-order valence-corrected chi connectivity index (χ3v) is 2.74.